The second kappa shape index (κ2) is 8.29. The molecule has 0 N–H and O–H groups in total. The van der Waals surface area contributed by atoms with Crippen LogP contribution in [0.25, 0.3) is 66.9 Å². The van der Waals surface area contributed by atoms with Crippen LogP contribution in [0.4, 0.5) is 0 Å². The van der Waals surface area contributed by atoms with Crippen molar-refractivity contribution in [2.75, 3.05) is 0 Å². The van der Waals surface area contributed by atoms with Gasteiger partial charge in [0.25, 0.3) is 0 Å². The molecule has 0 aliphatic heterocycles. The topological polar surface area (TPSA) is 51.8 Å². The SMILES string of the molecule is Clc1ccccc1-c1nc(-c2ccc3ccccc3c2)nc(-c2cccc3oc4ccccc4c23)n1. The third kappa shape index (κ3) is 3.43. The monoisotopic (exact) mass is 483 g/mol. The molecule has 5 aromatic carbocycles. The summed E-state index contributed by atoms with van der Waals surface area (Å²) in [4.78, 5) is 14.7. The van der Waals surface area contributed by atoms with Crippen LogP contribution in [0, 0.1) is 0 Å². The van der Waals surface area contributed by atoms with Crippen molar-refractivity contribution in [1.82, 2.24) is 15.0 Å². The van der Waals surface area contributed by atoms with Crippen LogP contribution < -0.4 is 0 Å². The Labute approximate surface area is 211 Å². The molecule has 4 nitrogen and oxygen atoms in total. The van der Waals surface area contributed by atoms with E-state index in [2.05, 4.69) is 30.3 Å². The fraction of sp³-hybridized carbons (Fsp3) is 0. The van der Waals surface area contributed by atoms with Crippen LogP contribution in [0.3, 0.4) is 0 Å². The molecule has 0 saturated carbocycles. The number of hydrogen-bond donors (Lipinski definition) is 0. The van der Waals surface area contributed by atoms with Crippen LogP contribution >= 0.6 is 11.6 Å². The predicted molar refractivity (Wildman–Crippen MR) is 146 cm³/mol. The first kappa shape index (κ1) is 20.8. The van der Waals surface area contributed by atoms with E-state index in [1.807, 2.05) is 78.9 Å². The minimum atomic E-state index is 0.526. The Morgan fingerprint density at radius 3 is 2.08 bits per heavy atom. The Kier molecular flexibility index (Phi) is 4.79. The number of nitrogens with zero attached hydrogens (tertiary/aromatic N) is 3. The summed E-state index contributed by atoms with van der Waals surface area (Å²) < 4.78 is 6.12. The van der Waals surface area contributed by atoms with Crippen LogP contribution in [0.15, 0.2) is 114 Å². The number of para-hydroxylation sites is 1. The number of benzene rings is 5. The lowest BCUT2D eigenvalue weighted by Crippen LogP contribution is -2.00. The lowest BCUT2D eigenvalue weighted by molar-refractivity contribution is 0.669. The number of halogens is 1. The van der Waals surface area contributed by atoms with Gasteiger partial charge in [0.1, 0.15) is 11.2 Å². The molecule has 7 aromatic rings. The summed E-state index contributed by atoms with van der Waals surface area (Å²) in [7, 11) is 0. The zero-order chi connectivity index (χ0) is 24.1. The molecule has 36 heavy (non-hydrogen) atoms. The summed E-state index contributed by atoms with van der Waals surface area (Å²) in [5, 5.41) is 4.88. The number of hydrogen-bond acceptors (Lipinski definition) is 4. The maximum atomic E-state index is 6.57. The van der Waals surface area contributed by atoms with E-state index in [-0.39, 0.29) is 0 Å². The largest absolute Gasteiger partial charge is 0.456 e. The van der Waals surface area contributed by atoms with Crippen LogP contribution in [0.5, 0.6) is 0 Å². The first-order valence-corrected chi connectivity index (χ1v) is 12.0. The lowest BCUT2D eigenvalue weighted by Gasteiger charge is -2.10. The summed E-state index contributed by atoms with van der Waals surface area (Å²) in [5.41, 5.74) is 4.18. The van der Waals surface area contributed by atoms with E-state index in [0.717, 1.165) is 49.4 Å². The first-order valence-electron chi connectivity index (χ1n) is 11.7. The number of rotatable bonds is 3. The molecule has 2 aromatic heterocycles. The number of furan rings is 1. The summed E-state index contributed by atoms with van der Waals surface area (Å²) in [6.07, 6.45) is 0. The van der Waals surface area contributed by atoms with Crippen LogP contribution in [0.2, 0.25) is 5.02 Å². The van der Waals surface area contributed by atoms with Gasteiger partial charge < -0.3 is 4.42 Å². The van der Waals surface area contributed by atoms with E-state index < -0.39 is 0 Å². The Morgan fingerprint density at radius 1 is 0.528 bits per heavy atom. The van der Waals surface area contributed by atoms with Crippen molar-refractivity contribution < 1.29 is 4.42 Å². The molecule has 0 fully saturated rings. The highest BCUT2D eigenvalue weighted by molar-refractivity contribution is 6.33. The Bertz CT molecular complexity index is 1930. The average molecular weight is 484 g/mol. The summed E-state index contributed by atoms with van der Waals surface area (Å²) in [5.74, 6) is 1.68. The molecule has 0 spiro atoms. The zero-order valence-corrected chi connectivity index (χ0v) is 19.8. The maximum Gasteiger partial charge on any atom is 0.165 e. The molecule has 0 saturated heterocycles. The van der Waals surface area contributed by atoms with Crippen LogP contribution in [-0.4, -0.2) is 15.0 Å². The molecule has 0 aliphatic carbocycles. The van der Waals surface area contributed by atoms with E-state index in [0.29, 0.717) is 22.5 Å². The van der Waals surface area contributed by atoms with Crippen LogP contribution in [0.1, 0.15) is 0 Å². The third-order valence-corrected chi connectivity index (χ3v) is 6.73. The van der Waals surface area contributed by atoms with Gasteiger partial charge in [-0.1, -0.05) is 90.5 Å². The summed E-state index contributed by atoms with van der Waals surface area (Å²) in [6, 6.07) is 36.1. The Balaban J connectivity index is 1.52. The highest BCUT2D eigenvalue weighted by Crippen LogP contribution is 2.37. The van der Waals surface area contributed by atoms with Crippen molar-refractivity contribution in [3.63, 3.8) is 0 Å². The molecular weight excluding hydrogens is 466 g/mol. The van der Waals surface area contributed by atoms with Gasteiger partial charge in [0, 0.05) is 27.5 Å². The molecule has 0 bridgehead atoms. The summed E-state index contributed by atoms with van der Waals surface area (Å²) >= 11 is 6.57. The maximum absolute atomic E-state index is 6.57. The van der Waals surface area contributed by atoms with Crippen molar-refractivity contribution in [3.05, 3.63) is 114 Å². The van der Waals surface area contributed by atoms with E-state index >= 15 is 0 Å². The van der Waals surface area contributed by atoms with Gasteiger partial charge in [-0.3, -0.25) is 0 Å². The molecule has 0 amide bonds. The molecule has 0 aliphatic rings. The second-order valence-electron chi connectivity index (χ2n) is 8.62. The number of aromatic nitrogens is 3. The van der Waals surface area contributed by atoms with Gasteiger partial charge >= 0.3 is 0 Å². The van der Waals surface area contributed by atoms with E-state index in [4.69, 9.17) is 31.0 Å². The van der Waals surface area contributed by atoms with Crippen molar-refractivity contribution >= 4 is 44.3 Å². The van der Waals surface area contributed by atoms with Crippen molar-refractivity contribution in [2.24, 2.45) is 0 Å². The van der Waals surface area contributed by atoms with Gasteiger partial charge in [-0.2, -0.15) is 0 Å². The second-order valence-corrected chi connectivity index (χ2v) is 9.03. The highest BCUT2D eigenvalue weighted by Gasteiger charge is 2.18. The number of fused-ring (bicyclic) bond motifs is 4. The zero-order valence-electron chi connectivity index (χ0n) is 19.0. The van der Waals surface area contributed by atoms with Gasteiger partial charge in [-0.25, -0.2) is 15.0 Å². The van der Waals surface area contributed by atoms with E-state index in [1.165, 1.54) is 0 Å². The fourth-order valence-corrected chi connectivity index (χ4v) is 4.90. The smallest absolute Gasteiger partial charge is 0.165 e. The molecule has 5 heteroatoms. The third-order valence-electron chi connectivity index (χ3n) is 6.40. The summed E-state index contributed by atoms with van der Waals surface area (Å²) in [6.45, 7) is 0. The fourth-order valence-electron chi connectivity index (χ4n) is 4.68. The predicted octanol–water partition coefficient (Wildman–Crippen LogP) is 8.58. The average Bonchev–Trinajstić information content (AvgIpc) is 3.32. The normalized spacial score (nSPS) is 11.5. The standard InChI is InChI=1S/C31H18ClN3O/c32-25-13-5-3-10-22(25)30-33-29(21-17-16-19-8-1-2-9-20(19)18-21)34-31(35-30)24-12-7-15-27-28(24)23-11-4-6-14-26(23)36-27/h1-18H. The van der Waals surface area contributed by atoms with Gasteiger partial charge in [0.05, 0.1) is 5.02 Å². The van der Waals surface area contributed by atoms with Gasteiger partial charge in [0.2, 0.25) is 0 Å². The quantitative estimate of drug-likeness (QED) is 0.252. The molecule has 2 heterocycles. The van der Waals surface area contributed by atoms with Crippen molar-refractivity contribution in [3.8, 4) is 34.2 Å². The van der Waals surface area contributed by atoms with Gasteiger partial charge in [-0.15, -0.1) is 0 Å². The molecule has 170 valence electrons. The van der Waals surface area contributed by atoms with E-state index in [9.17, 15) is 0 Å². The minimum absolute atomic E-state index is 0.526. The van der Waals surface area contributed by atoms with Crippen molar-refractivity contribution in [2.45, 2.75) is 0 Å². The minimum Gasteiger partial charge on any atom is -0.456 e. The molecule has 0 unspecified atom stereocenters. The van der Waals surface area contributed by atoms with Gasteiger partial charge in [0.15, 0.2) is 17.5 Å². The van der Waals surface area contributed by atoms with Gasteiger partial charge in [-0.05, 0) is 41.1 Å². The van der Waals surface area contributed by atoms with E-state index in [1.54, 1.807) is 0 Å². The molecule has 0 atom stereocenters. The first-order chi connectivity index (χ1) is 17.7. The molecule has 7 rings (SSSR count). The van der Waals surface area contributed by atoms with Crippen LogP contribution in [-0.2, 0) is 0 Å². The van der Waals surface area contributed by atoms with Crippen molar-refractivity contribution in [1.29, 1.82) is 0 Å². The molecular formula is C31H18ClN3O. The highest BCUT2D eigenvalue weighted by atomic mass is 35.5. The Morgan fingerprint density at radius 2 is 1.19 bits per heavy atom. The molecule has 0 radical (unpaired) electrons. The lowest BCUT2D eigenvalue weighted by atomic mass is 10.0. The Hall–Kier alpha value is -4.54.